The highest BCUT2D eigenvalue weighted by Gasteiger charge is 2.31. The molecule has 1 aliphatic carbocycles. The molecule has 0 amide bonds. The lowest BCUT2D eigenvalue weighted by atomic mass is 9.69. The second kappa shape index (κ2) is 5.20. The van der Waals surface area contributed by atoms with Crippen LogP contribution in [0.25, 0.3) is 0 Å². The van der Waals surface area contributed by atoms with Crippen LogP contribution in [0.5, 0.6) is 0 Å². The van der Waals surface area contributed by atoms with Crippen molar-refractivity contribution in [2.45, 2.75) is 65.7 Å². The van der Waals surface area contributed by atoms with Gasteiger partial charge in [0.15, 0.2) is 0 Å². The van der Waals surface area contributed by atoms with Crippen LogP contribution in [-0.4, -0.2) is 4.98 Å². The first kappa shape index (κ1) is 13.9. The van der Waals surface area contributed by atoms with E-state index in [0.29, 0.717) is 11.3 Å². The Kier molecular flexibility index (Phi) is 4.00. The number of hydrogen-bond donors (Lipinski definition) is 1. The van der Waals surface area contributed by atoms with Crippen LogP contribution in [0.2, 0.25) is 0 Å². The van der Waals surface area contributed by atoms with Crippen molar-refractivity contribution >= 4 is 16.3 Å². The van der Waals surface area contributed by atoms with E-state index in [-0.39, 0.29) is 0 Å². The molecular formula is C15H26N2S. The molecule has 18 heavy (non-hydrogen) atoms. The lowest BCUT2D eigenvalue weighted by Crippen LogP contribution is -2.25. The van der Waals surface area contributed by atoms with Crippen LogP contribution in [0.3, 0.4) is 0 Å². The number of rotatable bonds is 2. The van der Waals surface area contributed by atoms with E-state index in [1.807, 2.05) is 0 Å². The molecule has 1 aliphatic rings. The Morgan fingerprint density at radius 2 is 1.83 bits per heavy atom. The minimum absolute atomic E-state index is 0.452. The molecule has 1 heterocycles. The molecule has 0 spiro atoms. The molecule has 0 aromatic carbocycles. The standard InChI is InChI=1S/C15H26N2S/c1-5-12-17-13(14(16)18-12)10-6-8-11(9-7-10)15(2,3)4/h10-11H,5-9,16H2,1-4H3. The number of nitrogen functional groups attached to an aromatic ring is 1. The molecule has 2 N–H and O–H groups in total. The number of thiazole rings is 1. The van der Waals surface area contributed by atoms with E-state index in [1.165, 1.54) is 36.4 Å². The van der Waals surface area contributed by atoms with Gasteiger partial charge in [-0.05, 0) is 43.4 Å². The van der Waals surface area contributed by atoms with Crippen LogP contribution >= 0.6 is 11.3 Å². The van der Waals surface area contributed by atoms with Crippen molar-refractivity contribution in [3.05, 3.63) is 10.7 Å². The average Bonchev–Trinajstić information content (AvgIpc) is 2.70. The van der Waals surface area contributed by atoms with E-state index in [0.717, 1.165) is 17.3 Å². The quantitative estimate of drug-likeness (QED) is 0.849. The van der Waals surface area contributed by atoms with Gasteiger partial charge >= 0.3 is 0 Å². The van der Waals surface area contributed by atoms with E-state index in [2.05, 4.69) is 27.7 Å². The predicted octanol–water partition coefficient (Wildman–Crippen LogP) is 4.61. The smallest absolute Gasteiger partial charge is 0.110 e. The van der Waals surface area contributed by atoms with Crippen LogP contribution in [0, 0.1) is 11.3 Å². The monoisotopic (exact) mass is 266 g/mol. The van der Waals surface area contributed by atoms with Crippen molar-refractivity contribution in [3.8, 4) is 0 Å². The topological polar surface area (TPSA) is 38.9 Å². The van der Waals surface area contributed by atoms with Crippen molar-refractivity contribution < 1.29 is 0 Å². The zero-order valence-corrected chi connectivity index (χ0v) is 12.9. The van der Waals surface area contributed by atoms with Crippen LogP contribution < -0.4 is 5.73 Å². The number of aryl methyl sites for hydroxylation is 1. The van der Waals surface area contributed by atoms with Crippen molar-refractivity contribution in [3.63, 3.8) is 0 Å². The summed E-state index contributed by atoms with van der Waals surface area (Å²) in [6.07, 6.45) is 6.18. The van der Waals surface area contributed by atoms with Crippen molar-refractivity contribution in [2.75, 3.05) is 5.73 Å². The van der Waals surface area contributed by atoms with E-state index in [9.17, 15) is 0 Å². The molecule has 1 aromatic rings. The molecule has 1 saturated carbocycles. The highest BCUT2D eigenvalue weighted by Crippen LogP contribution is 2.44. The summed E-state index contributed by atoms with van der Waals surface area (Å²) in [4.78, 5) is 4.73. The highest BCUT2D eigenvalue weighted by atomic mass is 32.1. The third-order valence-electron chi connectivity index (χ3n) is 4.37. The summed E-state index contributed by atoms with van der Waals surface area (Å²) in [6, 6.07) is 0. The Labute approximate surface area is 115 Å². The molecule has 0 atom stereocenters. The average molecular weight is 266 g/mol. The largest absolute Gasteiger partial charge is 0.389 e. The molecule has 1 fully saturated rings. The molecule has 2 rings (SSSR count). The van der Waals surface area contributed by atoms with Gasteiger partial charge in [-0.3, -0.25) is 0 Å². The molecule has 0 bridgehead atoms. The second-order valence-electron chi connectivity index (χ2n) is 6.63. The minimum atomic E-state index is 0.452. The van der Waals surface area contributed by atoms with Gasteiger partial charge < -0.3 is 5.73 Å². The maximum absolute atomic E-state index is 6.12. The summed E-state index contributed by atoms with van der Waals surface area (Å²) in [5.74, 6) is 1.47. The minimum Gasteiger partial charge on any atom is -0.389 e. The first-order valence-corrected chi connectivity index (χ1v) is 7.98. The van der Waals surface area contributed by atoms with Crippen LogP contribution in [0.4, 0.5) is 5.00 Å². The van der Waals surface area contributed by atoms with Gasteiger partial charge in [0, 0.05) is 5.92 Å². The van der Waals surface area contributed by atoms with Crippen LogP contribution in [0.15, 0.2) is 0 Å². The first-order valence-electron chi connectivity index (χ1n) is 7.17. The molecule has 0 unspecified atom stereocenters. The summed E-state index contributed by atoms with van der Waals surface area (Å²) in [6.45, 7) is 9.25. The molecular weight excluding hydrogens is 240 g/mol. The fourth-order valence-corrected chi connectivity index (χ4v) is 3.93. The van der Waals surface area contributed by atoms with Gasteiger partial charge in [0.05, 0.1) is 10.7 Å². The number of nitrogens with two attached hydrogens (primary N) is 1. The third-order valence-corrected chi connectivity index (χ3v) is 5.41. The summed E-state index contributed by atoms with van der Waals surface area (Å²) in [5.41, 5.74) is 7.77. The summed E-state index contributed by atoms with van der Waals surface area (Å²) in [5, 5.41) is 2.16. The Bertz CT molecular complexity index is 395. The Morgan fingerprint density at radius 1 is 1.22 bits per heavy atom. The summed E-state index contributed by atoms with van der Waals surface area (Å²) < 4.78 is 0. The summed E-state index contributed by atoms with van der Waals surface area (Å²) >= 11 is 1.68. The van der Waals surface area contributed by atoms with E-state index in [4.69, 9.17) is 10.7 Å². The molecule has 3 heteroatoms. The zero-order valence-electron chi connectivity index (χ0n) is 12.1. The van der Waals surface area contributed by atoms with Crippen molar-refractivity contribution in [1.29, 1.82) is 0 Å². The van der Waals surface area contributed by atoms with Crippen LogP contribution in [0.1, 0.15) is 70.0 Å². The summed E-state index contributed by atoms with van der Waals surface area (Å²) in [7, 11) is 0. The maximum Gasteiger partial charge on any atom is 0.110 e. The number of hydrogen-bond acceptors (Lipinski definition) is 3. The van der Waals surface area contributed by atoms with Gasteiger partial charge in [-0.25, -0.2) is 4.98 Å². The lowest BCUT2D eigenvalue weighted by molar-refractivity contribution is 0.168. The Balaban J connectivity index is 2.03. The highest BCUT2D eigenvalue weighted by molar-refractivity contribution is 7.15. The van der Waals surface area contributed by atoms with Gasteiger partial charge in [0.25, 0.3) is 0 Å². The zero-order chi connectivity index (χ0) is 13.3. The van der Waals surface area contributed by atoms with E-state index in [1.54, 1.807) is 11.3 Å². The van der Waals surface area contributed by atoms with Gasteiger partial charge in [-0.2, -0.15) is 0 Å². The molecule has 0 aliphatic heterocycles. The number of nitrogens with zero attached hydrogens (tertiary/aromatic N) is 1. The van der Waals surface area contributed by atoms with E-state index < -0.39 is 0 Å². The Morgan fingerprint density at radius 3 is 2.28 bits per heavy atom. The molecule has 1 aromatic heterocycles. The number of aromatic nitrogens is 1. The van der Waals surface area contributed by atoms with Gasteiger partial charge in [0.2, 0.25) is 0 Å². The van der Waals surface area contributed by atoms with Crippen LogP contribution in [-0.2, 0) is 6.42 Å². The third kappa shape index (κ3) is 2.87. The van der Waals surface area contributed by atoms with Crippen molar-refractivity contribution in [2.24, 2.45) is 11.3 Å². The lowest BCUT2D eigenvalue weighted by Gasteiger charge is -2.36. The Hall–Kier alpha value is -0.570. The SMILES string of the molecule is CCc1nc(C2CCC(C(C)(C)C)CC2)c(N)s1. The second-order valence-corrected chi connectivity index (χ2v) is 7.74. The molecule has 102 valence electrons. The normalized spacial score (nSPS) is 25.3. The predicted molar refractivity (Wildman–Crippen MR) is 80.1 cm³/mol. The van der Waals surface area contributed by atoms with E-state index >= 15 is 0 Å². The van der Waals surface area contributed by atoms with Gasteiger partial charge in [0.1, 0.15) is 5.00 Å². The molecule has 0 radical (unpaired) electrons. The number of anilines is 1. The fourth-order valence-electron chi connectivity index (χ4n) is 3.07. The fraction of sp³-hybridized carbons (Fsp3) is 0.800. The maximum atomic E-state index is 6.12. The first-order chi connectivity index (χ1) is 8.41. The molecule has 0 saturated heterocycles. The van der Waals surface area contributed by atoms with Gasteiger partial charge in [-0.1, -0.05) is 27.7 Å². The van der Waals surface area contributed by atoms with Gasteiger partial charge in [-0.15, -0.1) is 11.3 Å². The van der Waals surface area contributed by atoms with Crippen molar-refractivity contribution in [1.82, 2.24) is 4.98 Å². The molecule has 2 nitrogen and oxygen atoms in total.